The Morgan fingerprint density at radius 2 is 2.03 bits per heavy atom. The highest BCUT2D eigenvalue weighted by Gasteiger charge is 2.29. The minimum absolute atomic E-state index is 0.0784. The summed E-state index contributed by atoms with van der Waals surface area (Å²) in [4.78, 5) is 41.9. The minimum atomic E-state index is -0.756. The van der Waals surface area contributed by atoms with Crippen LogP contribution in [-0.4, -0.2) is 47.5 Å². The molecule has 160 valence electrons. The number of carbonyl (C=O) groups excluding carboxylic acids is 3. The Labute approximate surface area is 181 Å². The van der Waals surface area contributed by atoms with Crippen molar-refractivity contribution in [1.82, 2.24) is 20.7 Å². The number of carbonyl (C=O) groups is 3. The number of nitrogens with zero attached hydrogens (tertiary/aromatic N) is 2. The third-order valence-electron chi connectivity index (χ3n) is 4.62. The largest absolute Gasteiger partial charge is 0.449 e. The van der Waals surface area contributed by atoms with Gasteiger partial charge in [-0.15, -0.1) is 11.3 Å². The van der Waals surface area contributed by atoms with Gasteiger partial charge in [-0.05, 0) is 31.9 Å². The van der Waals surface area contributed by atoms with E-state index in [1.54, 1.807) is 17.2 Å². The van der Waals surface area contributed by atoms with Gasteiger partial charge < -0.3 is 9.64 Å². The number of nitrogens with one attached hydrogen (secondary N) is 2. The number of hydrazine groups is 1. The molecule has 0 radical (unpaired) electrons. The predicted octanol–water partition coefficient (Wildman–Crippen LogP) is 3.35. The lowest BCUT2D eigenvalue weighted by Gasteiger charge is -2.31. The van der Waals surface area contributed by atoms with Crippen molar-refractivity contribution in [2.24, 2.45) is 0 Å². The van der Waals surface area contributed by atoms with Gasteiger partial charge in [0.25, 0.3) is 11.8 Å². The van der Waals surface area contributed by atoms with Crippen LogP contribution >= 0.6 is 22.9 Å². The molecule has 1 saturated heterocycles. The lowest BCUT2D eigenvalue weighted by Crippen LogP contribution is -2.42. The van der Waals surface area contributed by atoms with Gasteiger partial charge in [-0.25, -0.2) is 19.6 Å². The molecule has 11 heteroatoms. The minimum Gasteiger partial charge on any atom is -0.449 e. The van der Waals surface area contributed by atoms with Crippen LogP contribution < -0.4 is 10.9 Å². The van der Waals surface area contributed by atoms with Gasteiger partial charge in [0.1, 0.15) is 11.5 Å². The van der Waals surface area contributed by atoms with Crippen LogP contribution in [0.2, 0.25) is 5.02 Å². The highest BCUT2D eigenvalue weighted by atomic mass is 35.5. The second-order valence-corrected chi connectivity index (χ2v) is 7.83. The smallest absolute Gasteiger partial charge is 0.426 e. The first-order valence-corrected chi connectivity index (χ1v) is 10.6. The maximum Gasteiger partial charge on any atom is 0.426 e. The van der Waals surface area contributed by atoms with Crippen LogP contribution in [0.5, 0.6) is 0 Å². The number of halogens is 2. The average Bonchev–Trinajstić information content (AvgIpc) is 3.22. The van der Waals surface area contributed by atoms with Crippen molar-refractivity contribution in [2.75, 3.05) is 19.7 Å². The first-order valence-electron chi connectivity index (χ1n) is 9.32. The second-order valence-electron chi connectivity index (χ2n) is 6.53. The van der Waals surface area contributed by atoms with E-state index in [2.05, 4.69) is 20.6 Å². The van der Waals surface area contributed by atoms with Crippen LogP contribution in [0.1, 0.15) is 51.5 Å². The second kappa shape index (κ2) is 9.86. The van der Waals surface area contributed by atoms with Crippen LogP contribution in [0.25, 0.3) is 0 Å². The van der Waals surface area contributed by atoms with Crippen molar-refractivity contribution in [1.29, 1.82) is 0 Å². The van der Waals surface area contributed by atoms with Crippen molar-refractivity contribution < 1.29 is 23.5 Å². The van der Waals surface area contributed by atoms with E-state index in [0.717, 1.165) is 5.01 Å². The first-order chi connectivity index (χ1) is 14.4. The lowest BCUT2D eigenvalue weighted by atomic mass is 9.97. The van der Waals surface area contributed by atoms with E-state index in [0.29, 0.717) is 25.9 Å². The molecule has 0 bridgehead atoms. The topological polar surface area (TPSA) is 101 Å². The number of hydrogen-bond donors (Lipinski definition) is 2. The Morgan fingerprint density at radius 1 is 1.30 bits per heavy atom. The zero-order valence-electron chi connectivity index (χ0n) is 16.1. The Hall–Kier alpha value is -2.72. The number of rotatable bonds is 4. The average molecular weight is 455 g/mol. The van der Waals surface area contributed by atoms with Crippen LogP contribution in [0.3, 0.4) is 0 Å². The van der Waals surface area contributed by atoms with Gasteiger partial charge in [0.2, 0.25) is 0 Å². The van der Waals surface area contributed by atoms with Gasteiger partial charge in [0.15, 0.2) is 0 Å². The molecule has 1 aliphatic rings. The van der Waals surface area contributed by atoms with E-state index in [-0.39, 0.29) is 28.8 Å². The molecule has 2 N–H and O–H groups in total. The van der Waals surface area contributed by atoms with E-state index in [1.165, 1.54) is 29.5 Å². The molecular formula is C19H20ClFN4O4S. The molecule has 0 spiro atoms. The number of amides is 3. The molecule has 0 unspecified atom stereocenters. The maximum absolute atomic E-state index is 14.0. The zero-order chi connectivity index (χ0) is 21.7. The van der Waals surface area contributed by atoms with Gasteiger partial charge in [-0.2, -0.15) is 0 Å². The number of benzene rings is 1. The molecule has 0 atom stereocenters. The summed E-state index contributed by atoms with van der Waals surface area (Å²) in [6.45, 7) is 2.70. The summed E-state index contributed by atoms with van der Waals surface area (Å²) in [5.74, 6) is -1.54. The van der Waals surface area contributed by atoms with Crippen molar-refractivity contribution in [3.63, 3.8) is 0 Å². The summed E-state index contributed by atoms with van der Waals surface area (Å²) >= 11 is 7.33. The molecule has 8 nitrogen and oxygen atoms in total. The number of likely N-dealkylation sites (tertiary alicyclic amines) is 1. The molecule has 2 aromatic rings. The highest BCUT2D eigenvalue weighted by molar-refractivity contribution is 7.09. The molecule has 3 rings (SSSR count). The van der Waals surface area contributed by atoms with E-state index in [9.17, 15) is 18.8 Å². The molecule has 30 heavy (non-hydrogen) atoms. The van der Waals surface area contributed by atoms with Crippen LogP contribution in [0.15, 0.2) is 23.6 Å². The summed E-state index contributed by atoms with van der Waals surface area (Å²) in [5, 5.41) is 2.47. The van der Waals surface area contributed by atoms with E-state index in [1.807, 2.05) is 0 Å². The van der Waals surface area contributed by atoms with Gasteiger partial charge in [-0.1, -0.05) is 17.7 Å². The summed E-state index contributed by atoms with van der Waals surface area (Å²) in [6.07, 6.45) is 0.509. The number of hydrogen-bond acceptors (Lipinski definition) is 6. The highest BCUT2D eigenvalue weighted by Crippen LogP contribution is 2.31. The number of piperidine rings is 1. The normalized spacial score (nSPS) is 14.3. The number of ether oxygens (including phenoxy) is 1. The van der Waals surface area contributed by atoms with Crippen molar-refractivity contribution in [3.8, 4) is 0 Å². The fourth-order valence-electron chi connectivity index (χ4n) is 3.11. The number of thiazole rings is 1. The molecule has 1 aromatic heterocycles. The van der Waals surface area contributed by atoms with E-state index >= 15 is 0 Å². The third kappa shape index (κ3) is 5.06. The summed E-state index contributed by atoms with van der Waals surface area (Å²) in [7, 11) is 0. The van der Waals surface area contributed by atoms with Gasteiger partial charge >= 0.3 is 6.09 Å². The first kappa shape index (κ1) is 22.0. The molecule has 1 aromatic carbocycles. The summed E-state index contributed by atoms with van der Waals surface area (Å²) in [5.41, 5.74) is 4.43. The van der Waals surface area contributed by atoms with Gasteiger partial charge in [0.05, 0.1) is 22.2 Å². The Morgan fingerprint density at radius 3 is 2.70 bits per heavy atom. The molecule has 0 saturated carbocycles. The predicted molar refractivity (Wildman–Crippen MR) is 109 cm³/mol. The molecule has 1 aliphatic heterocycles. The monoisotopic (exact) mass is 454 g/mol. The fourth-order valence-corrected chi connectivity index (χ4v) is 4.32. The molecule has 1 fully saturated rings. The summed E-state index contributed by atoms with van der Waals surface area (Å²) in [6, 6.07) is 4.16. The molecule has 0 aliphatic carbocycles. The Bertz CT molecular complexity index is 926. The standard InChI is InChI=1S/C19H20ClFN4O4S/c1-2-29-19(28)24-23-16(26)14-10-30-17(22-14)11-6-8-25(9-7-11)18(27)15-12(20)4-3-5-13(15)21/h3-5,10-11H,2,6-9H2,1H3,(H,23,26)(H,24,28). The quantitative estimate of drug-likeness (QED) is 0.690. The molecule has 2 heterocycles. The van der Waals surface area contributed by atoms with Crippen molar-refractivity contribution in [2.45, 2.75) is 25.7 Å². The lowest BCUT2D eigenvalue weighted by molar-refractivity contribution is 0.0708. The fraction of sp³-hybridized carbons (Fsp3) is 0.368. The van der Waals surface area contributed by atoms with E-state index < -0.39 is 23.7 Å². The third-order valence-corrected chi connectivity index (χ3v) is 5.94. The Kier molecular flexibility index (Phi) is 7.22. The van der Waals surface area contributed by atoms with Crippen molar-refractivity contribution >= 4 is 40.8 Å². The number of aromatic nitrogens is 1. The van der Waals surface area contributed by atoms with Gasteiger partial charge in [-0.3, -0.25) is 15.0 Å². The van der Waals surface area contributed by atoms with Crippen LogP contribution in [-0.2, 0) is 4.74 Å². The van der Waals surface area contributed by atoms with Crippen molar-refractivity contribution in [3.05, 3.63) is 50.7 Å². The Balaban J connectivity index is 1.56. The SMILES string of the molecule is CCOC(=O)NNC(=O)c1csc(C2CCN(C(=O)c3c(F)cccc3Cl)CC2)n1. The van der Waals surface area contributed by atoms with E-state index in [4.69, 9.17) is 11.6 Å². The maximum atomic E-state index is 14.0. The van der Waals surface area contributed by atoms with Gasteiger partial charge in [0, 0.05) is 24.4 Å². The molecular weight excluding hydrogens is 435 g/mol. The summed E-state index contributed by atoms with van der Waals surface area (Å²) < 4.78 is 18.7. The molecule has 3 amide bonds. The van der Waals surface area contributed by atoms with Crippen LogP contribution in [0.4, 0.5) is 9.18 Å². The zero-order valence-corrected chi connectivity index (χ0v) is 17.7. The van der Waals surface area contributed by atoms with Crippen LogP contribution in [0, 0.1) is 5.82 Å².